The van der Waals surface area contributed by atoms with Gasteiger partial charge in [-0.25, -0.2) is 0 Å². The molecule has 0 aromatic heterocycles. The third-order valence-corrected chi connectivity index (χ3v) is 3.01. The van der Waals surface area contributed by atoms with Gasteiger partial charge in [0.05, 0.1) is 19.3 Å². The molecule has 2 N–H and O–H groups in total. The van der Waals surface area contributed by atoms with Gasteiger partial charge in [-0.2, -0.15) is 0 Å². The van der Waals surface area contributed by atoms with Crippen molar-refractivity contribution < 1.29 is 14.3 Å². The first-order valence-electron chi connectivity index (χ1n) is 6.25. The van der Waals surface area contributed by atoms with Gasteiger partial charge in [0, 0.05) is 19.6 Å². The molecule has 2 unspecified atom stereocenters. The maximum absolute atomic E-state index is 11.6. The molecule has 5 heteroatoms. The number of morpholine rings is 1. The first-order chi connectivity index (χ1) is 7.95. The lowest BCUT2D eigenvalue weighted by Gasteiger charge is -2.33. The van der Waals surface area contributed by atoms with Crippen LogP contribution in [-0.4, -0.2) is 55.4 Å². The van der Waals surface area contributed by atoms with Gasteiger partial charge < -0.3 is 15.2 Å². The summed E-state index contributed by atoms with van der Waals surface area (Å²) in [6.45, 7) is 9.31. The lowest BCUT2D eigenvalue weighted by Crippen LogP contribution is -2.50. The molecule has 1 saturated heterocycles. The Morgan fingerprint density at radius 3 is 2.94 bits per heavy atom. The summed E-state index contributed by atoms with van der Waals surface area (Å²) >= 11 is 0. The lowest BCUT2D eigenvalue weighted by molar-refractivity contribution is -0.149. The molecular formula is C12H24N2O3. The van der Waals surface area contributed by atoms with Crippen molar-refractivity contribution in [3.63, 3.8) is 0 Å². The Morgan fingerprint density at radius 1 is 1.65 bits per heavy atom. The van der Waals surface area contributed by atoms with E-state index in [0.29, 0.717) is 13.0 Å². The number of ether oxygens (including phenoxy) is 2. The van der Waals surface area contributed by atoms with Gasteiger partial charge in [0.1, 0.15) is 5.54 Å². The lowest BCUT2D eigenvalue weighted by atomic mass is 9.99. The van der Waals surface area contributed by atoms with E-state index in [0.717, 1.165) is 26.2 Å². The molecule has 1 aliphatic heterocycles. The second-order valence-corrected chi connectivity index (χ2v) is 4.87. The van der Waals surface area contributed by atoms with E-state index in [1.807, 2.05) is 0 Å². The van der Waals surface area contributed by atoms with Crippen molar-refractivity contribution in [2.45, 2.75) is 38.8 Å². The summed E-state index contributed by atoms with van der Waals surface area (Å²) in [5.74, 6) is -0.318. The topological polar surface area (TPSA) is 64.8 Å². The molecule has 0 aromatic carbocycles. The van der Waals surface area contributed by atoms with E-state index in [1.54, 1.807) is 13.8 Å². The quantitative estimate of drug-likeness (QED) is 0.708. The fourth-order valence-electron chi connectivity index (χ4n) is 1.88. The zero-order valence-corrected chi connectivity index (χ0v) is 11.1. The van der Waals surface area contributed by atoms with Crippen LogP contribution in [0, 0.1) is 0 Å². The van der Waals surface area contributed by atoms with E-state index in [4.69, 9.17) is 15.2 Å². The van der Waals surface area contributed by atoms with Crippen molar-refractivity contribution in [3.05, 3.63) is 0 Å². The summed E-state index contributed by atoms with van der Waals surface area (Å²) in [5, 5.41) is 0. The van der Waals surface area contributed by atoms with Gasteiger partial charge in [-0.15, -0.1) is 0 Å². The van der Waals surface area contributed by atoms with Gasteiger partial charge in [-0.05, 0) is 27.2 Å². The van der Waals surface area contributed by atoms with Gasteiger partial charge in [0.25, 0.3) is 0 Å². The number of rotatable bonds is 5. The van der Waals surface area contributed by atoms with Crippen molar-refractivity contribution in [1.82, 2.24) is 4.90 Å². The molecule has 1 heterocycles. The second kappa shape index (κ2) is 6.33. The largest absolute Gasteiger partial charge is 0.465 e. The summed E-state index contributed by atoms with van der Waals surface area (Å²) in [6, 6.07) is 0. The molecule has 0 spiro atoms. The van der Waals surface area contributed by atoms with Crippen molar-refractivity contribution in [3.8, 4) is 0 Å². The van der Waals surface area contributed by atoms with Crippen molar-refractivity contribution in [1.29, 1.82) is 0 Å². The predicted octanol–water partition coefficient (Wildman–Crippen LogP) is 0.378. The van der Waals surface area contributed by atoms with Gasteiger partial charge in [-0.3, -0.25) is 9.69 Å². The van der Waals surface area contributed by atoms with Crippen LogP contribution in [0.1, 0.15) is 27.2 Å². The second-order valence-electron chi connectivity index (χ2n) is 4.87. The van der Waals surface area contributed by atoms with Crippen LogP contribution in [0.4, 0.5) is 0 Å². The number of esters is 1. The van der Waals surface area contributed by atoms with Gasteiger partial charge >= 0.3 is 5.97 Å². The summed E-state index contributed by atoms with van der Waals surface area (Å²) in [4.78, 5) is 13.9. The van der Waals surface area contributed by atoms with E-state index in [9.17, 15) is 4.79 Å². The van der Waals surface area contributed by atoms with Crippen LogP contribution in [0.3, 0.4) is 0 Å². The third kappa shape index (κ3) is 4.61. The molecule has 0 bridgehead atoms. The number of carbonyl (C=O) groups is 1. The van der Waals surface area contributed by atoms with Crippen LogP contribution in [-0.2, 0) is 14.3 Å². The minimum Gasteiger partial charge on any atom is -0.465 e. The monoisotopic (exact) mass is 244 g/mol. The minimum atomic E-state index is -0.891. The SMILES string of the molecule is CCOC(=O)C(C)(N)CCN1CCOC(C)C1. The number of hydrogen-bond acceptors (Lipinski definition) is 5. The van der Waals surface area contributed by atoms with Crippen LogP contribution >= 0.6 is 0 Å². The van der Waals surface area contributed by atoms with E-state index in [1.165, 1.54) is 0 Å². The Labute approximate surface area is 103 Å². The van der Waals surface area contributed by atoms with Crippen LogP contribution in [0.15, 0.2) is 0 Å². The molecule has 0 saturated carbocycles. The zero-order chi connectivity index (χ0) is 12.9. The Balaban J connectivity index is 2.35. The summed E-state index contributed by atoms with van der Waals surface area (Å²) in [7, 11) is 0. The summed E-state index contributed by atoms with van der Waals surface area (Å²) < 4.78 is 10.4. The molecule has 100 valence electrons. The van der Waals surface area contributed by atoms with Gasteiger partial charge in [0.2, 0.25) is 0 Å². The highest BCUT2D eigenvalue weighted by Crippen LogP contribution is 2.12. The van der Waals surface area contributed by atoms with E-state index in [2.05, 4.69) is 11.8 Å². The molecule has 1 aliphatic rings. The predicted molar refractivity (Wildman–Crippen MR) is 65.7 cm³/mol. The summed E-state index contributed by atoms with van der Waals surface area (Å²) in [5.41, 5.74) is 5.07. The Bertz CT molecular complexity index is 256. The molecule has 2 atom stereocenters. The van der Waals surface area contributed by atoms with Crippen LogP contribution in [0.2, 0.25) is 0 Å². The Kier molecular flexibility index (Phi) is 5.36. The third-order valence-electron chi connectivity index (χ3n) is 3.01. The molecule has 0 aliphatic carbocycles. The number of nitrogens with two attached hydrogens (primary N) is 1. The fraction of sp³-hybridized carbons (Fsp3) is 0.917. The molecular weight excluding hydrogens is 220 g/mol. The molecule has 1 fully saturated rings. The van der Waals surface area contributed by atoms with Crippen LogP contribution < -0.4 is 5.73 Å². The van der Waals surface area contributed by atoms with Crippen molar-refractivity contribution in [2.75, 3.05) is 32.8 Å². The standard InChI is InChI=1S/C12H24N2O3/c1-4-16-11(15)12(3,13)5-6-14-7-8-17-10(2)9-14/h10H,4-9,13H2,1-3H3. The number of hydrogen-bond donors (Lipinski definition) is 1. The molecule has 0 aromatic rings. The average molecular weight is 244 g/mol. The first-order valence-corrected chi connectivity index (χ1v) is 6.25. The Morgan fingerprint density at radius 2 is 2.35 bits per heavy atom. The van der Waals surface area contributed by atoms with Gasteiger partial charge in [0.15, 0.2) is 0 Å². The zero-order valence-electron chi connectivity index (χ0n) is 11.1. The molecule has 0 amide bonds. The van der Waals surface area contributed by atoms with E-state index >= 15 is 0 Å². The number of carbonyl (C=O) groups excluding carboxylic acids is 1. The van der Waals surface area contributed by atoms with Crippen LogP contribution in [0.25, 0.3) is 0 Å². The highest BCUT2D eigenvalue weighted by Gasteiger charge is 2.30. The average Bonchev–Trinajstić information content (AvgIpc) is 2.27. The summed E-state index contributed by atoms with van der Waals surface area (Å²) in [6.07, 6.45) is 0.869. The first kappa shape index (κ1) is 14.4. The normalized spacial score (nSPS) is 25.3. The molecule has 0 radical (unpaired) electrons. The number of nitrogens with zero attached hydrogens (tertiary/aromatic N) is 1. The van der Waals surface area contributed by atoms with E-state index in [-0.39, 0.29) is 12.1 Å². The maximum Gasteiger partial charge on any atom is 0.325 e. The van der Waals surface area contributed by atoms with Crippen LogP contribution in [0.5, 0.6) is 0 Å². The molecule has 17 heavy (non-hydrogen) atoms. The van der Waals surface area contributed by atoms with Crippen molar-refractivity contribution in [2.24, 2.45) is 5.73 Å². The smallest absolute Gasteiger partial charge is 0.325 e. The van der Waals surface area contributed by atoms with Crippen molar-refractivity contribution >= 4 is 5.97 Å². The van der Waals surface area contributed by atoms with Gasteiger partial charge in [-0.1, -0.05) is 0 Å². The Hall–Kier alpha value is -0.650. The molecule has 1 rings (SSSR count). The molecule has 5 nitrogen and oxygen atoms in total. The highest BCUT2D eigenvalue weighted by atomic mass is 16.5. The fourth-order valence-corrected chi connectivity index (χ4v) is 1.88. The highest BCUT2D eigenvalue weighted by molar-refractivity contribution is 5.79. The van der Waals surface area contributed by atoms with E-state index < -0.39 is 5.54 Å². The maximum atomic E-state index is 11.6. The minimum absolute atomic E-state index is 0.260.